The van der Waals surface area contributed by atoms with Crippen molar-refractivity contribution < 1.29 is 31.5 Å². The minimum Gasteiger partial charge on any atom is -0.466 e. The summed E-state index contributed by atoms with van der Waals surface area (Å²) in [5.74, 6) is -4.64. The van der Waals surface area contributed by atoms with E-state index in [2.05, 4.69) is 16.3 Å². The first-order chi connectivity index (χ1) is 6.58. The van der Waals surface area contributed by atoms with Gasteiger partial charge in [-0.05, 0) is 18.5 Å². The van der Waals surface area contributed by atoms with E-state index < -0.39 is 29.9 Å². The fourth-order valence-electron chi connectivity index (χ4n) is 0.807. The quantitative estimate of drug-likeness (QED) is 0.438. The summed E-state index contributed by atoms with van der Waals surface area (Å²) in [6.07, 6.45) is -6.92. The van der Waals surface area contributed by atoms with E-state index in [0.717, 1.165) is 0 Å². The van der Waals surface area contributed by atoms with E-state index >= 15 is 0 Å². The van der Waals surface area contributed by atoms with Crippen molar-refractivity contribution in [1.82, 2.24) is 0 Å². The lowest BCUT2D eigenvalue weighted by atomic mass is 10.1. The van der Waals surface area contributed by atoms with Crippen LogP contribution in [-0.4, -0.2) is 24.1 Å². The molecular formula is C7H8ClF5O2. The molecule has 8 heteroatoms. The lowest BCUT2D eigenvalue weighted by Gasteiger charge is -2.20. The van der Waals surface area contributed by atoms with Gasteiger partial charge in [-0.1, -0.05) is 0 Å². The number of hydrogen-bond acceptors (Lipinski definition) is 2. The van der Waals surface area contributed by atoms with Crippen molar-refractivity contribution in [2.24, 2.45) is 5.92 Å². The maximum absolute atomic E-state index is 12.2. The SMILES string of the molecule is CCOC(=O)C(CC(F)(F)Cl)C(F)(F)F. The Kier molecular flexibility index (Phi) is 4.76. The molecule has 0 fully saturated rings. The molecule has 0 amide bonds. The predicted molar refractivity (Wildman–Crippen MR) is 41.6 cm³/mol. The minimum absolute atomic E-state index is 0.320. The third kappa shape index (κ3) is 5.76. The number of hydrogen-bond donors (Lipinski definition) is 0. The van der Waals surface area contributed by atoms with E-state index in [-0.39, 0.29) is 6.61 Å². The smallest absolute Gasteiger partial charge is 0.402 e. The molecule has 90 valence electrons. The van der Waals surface area contributed by atoms with Crippen molar-refractivity contribution in [3.05, 3.63) is 0 Å². The van der Waals surface area contributed by atoms with E-state index in [9.17, 15) is 26.7 Å². The van der Waals surface area contributed by atoms with Gasteiger partial charge < -0.3 is 4.74 Å². The lowest BCUT2D eigenvalue weighted by molar-refractivity contribution is -0.205. The van der Waals surface area contributed by atoms with Crippen LogP contribution in [0.15, 0.2) is 0 Å². The van der Waals surface area contributed by atoms with Gasteiger partial charge in [-0.25, -0.2) is 0 Å². The van der Waals surface area contributed by atoms with Crippen LogP contribution in [0.3, 0.4) is 0 Å². The molecule has 0 aliphatic rings. The molecule has 2 nitrogen and oxygen atoms in total. The van der Waals surface area contributed by atoms with Crippen LogP contribution < -0.4 is 0 Å². The molecule has 0 rings (SSSR count). The zero-order valence-electron chi connectivity index (χ0n) is 7.58. The van der Waals surface area contributed by atoms with Gasteiger partial charge in [0.05, 0.1) is 6.61 Å². The van der Waals surface area contributed by atoms with Crippen LogP contribution in [0.1, 0.15) is 13.3 Å². The summed E-state index contributed by atoms with van der Waals surface area (Å²) in [7, 11) is 0. The van der Waals surface area contributed by atoms with Gasteiger partial charge in [0.2, 0.25) is 0 Å². The van der Waals surface area contributed by atoms with E-state index in [4.69, 9.17) is 0 Å². The molecule has 0 aromatic rings. The van der Waals surface area contributed by atoms with Crippen LogP contribution in [0.25, 0.3) is 0 Å². The number of esters is 1. The van der Waals surface area contributed by atoms with Crippen LogP contribution in [0.5, 0.6) is 0 Å². The van der Waals surface area contributed by atoms with Gasteiger partial charge in [0.15, 0.2) is 5.92 Å². The Hall–Kier alpha value is -0.590. The minimum atomic E-state index is -5.09. The second-order valence-corrected chi connectivity index (χ2v) is 3.22. The zero-order valence-corrected chi connectivity index (χ0v) is 8.33. The maximum atomic E-state index is 12.2. The molecule has 0 radical (unpaired) electrons. The number of carbonyl (C=O) groups is 1. The van der Waals surface area contributed by atoms with Crippen LogP contribution in [-0.2, 0) is 9.53 Å². The summed E-state index contributed by atoms with van der Waals surface area (Å²) < 4.78 is 64.7. The van der Waals surface area contributed by atoms with Gasteiger partial charge in [-0.2, -0.15) is 22.0 Å². The first-order valence-electron chi connectivity index (χ1n) is 3.88. The Morgan fingerprint density at radius 1 is 1.33 bits per heavy atom. The topological polar surface area (TPSA) is 26.3 Å². The van der Waals surface area contributed by atoms with Crippen LogP contribution in [0.4, 0.5) is 22.0 Å². The Bertz CT molecular complexity index is 222. The molecule has 1 unspecified atom stereocenters. The Labute approximate surface area is 87.3 Å². The zero-order chi connectivity index (χ0) is 12.3. The number of halogens is 6. The third-order valence-corrected chi connectivity index (χ3v) is 1.56. The van der Waals surface area contributed by atoms with Crippen molar-refractivity contribution in [1.29, 1.82) is 0 Å². The highest BCUT2D eigenvalue weighted by Crippen LogP contribution is 2.37. The fraction of sp³-hybridized carbons (Fsp3) is 0.857. The normalized spacial score (nSPS) is 14.9. The van der Waals surface area contributed by atoms with Crippen molar-refractivity contribution in [2.45, 2.75) is 24.9 Å². The monoisotopic (exact) mass is 254 g/mol. The van der Waals surface area contributed by atoms with Gasteiger partial charge in [0.25, 0.3) is 0 Å². The molecule has 1 atom stereocenters. The Morgan fingerprint density at radius 2 is 1.80 bits per heavy atom. The summed E-state index contributed by atoms with van der Waals surface area (Å²) in [5, 5.41) is -4.09. The van der Waals surface area contributed by atoms with E-state index in [1.54, 1.807) is 0 Å². The van der Waals surface area contributed by atoms with Crippen LogP contribution in [0.2, 0.25) is 0 Å². The second-order valence-electron chi connectivity index (χ2n) is 2.67. The number of alkyl halides is 6. The molecular weight excluding hydrogens is 247 g/mol. The Morgan fingerprint density at radius 3 is 2.07 bits per heavy atom. The average Bonchev–Trinajstić information content (AvgIpc) is 1.97. The van der Waals surface area contributed by atoms with Gasteiger partial charge in [-0.3, -0.25) is 4.79 Å². The largest absolute Gasteiger partial charge is 0.466 e. The van der Waals surface area contributed by atoms with E-state index in [1.165, 1.54) is 6.92 Å². The highest BCUT2D eigenvalue weighted by Gasteiger charge is 2.50. The molecule has 0 N–H and O–H groups in total. The summed E-state index contributed by atoms with van der Waals surface area (Å²) in [6.45, 7) is 0.948. The first kappa shape index (κ1) is 14.4. The van der Waals surface area contributed by atoms with Crippen molar-refractivity contribution >= 4 is 17.6 Å². The average molecular weight is 255 g/mol. The predicted octanol–water partition coefficient (Wildman–Crippen LogP) is 2.95. The molecule has 15 heavy (non-hydrogen) atoms. The summed E-state index contributed by atoms with van der Waals surface area (Å²) in [4.78, 5) is 10.7. The molecule has 0 heterocycles. The molecule has 0 aromatic heterocycles. The fourth-order valence-corrected chi connectivity index (χ4v) is 0.961. The van der Waals surface area contributed by atoms with E-state index in [0.29, 0.717) is 0 Å². The van der Waals surface area contributed by atoms with Crippen LogP contribution in [0, 0.1) is 5.92 Å². The highest BCUT2D eigenvalue weighted by molar-refractivity contribution is 6.21. The standard InChI is InChI=1S/C7H8ClF5O2/c1-2-15-5(14)4(7(11,12)13)3-6(8,9)10/h4H,2-3H2,1H3. The van der Waals surface area contributed by atoms with Crippen molar-refractivity contribution in [3.8, 4) is 0 Å². The maximum Gasteiger partial charge on any atom is 0.402 e. The second kappa shape index (κ2) is 4.96. The molecule has 0 aromatic carbocycles. The van der Waals surface area contributed by atoms with Gasteiger partial charge in [0.1, 0.15) is 0 Å². The number of carbonyl (C=O) groups excluding carboxylic acids is 1. The van der Waals surface area contributed by atoms with Crippen molar-refractivity contribution in [2.75, 3.05) is 6.61 Å². The summed E-state index contributed by atoms with van der Waals surface area (Å²) in [6, 6.07) is 0. The van der Waals surface area contributed by atoms with Crippen LogP contribution >= 0.6 is 11.6 Å². The highest BCUT2D eigenvalue weighted by atomic mass is 35.5. The summed E-state index contributed by atoms with van der Waals surface area (Å²) in [5.41, 5.74) is 0. The molecule has 0 bridgehead atoms. The lowest BCUT2D eigenvalue weighted by Crippen LogP contribution is -2.35. The Balaban J connectivity index is 4.68. The van der Waals surface area contributed by atoms with Gasteiger partial charge >= 0.3 is 17.5 Å². The third-order valence-electron chi connectivity index (χ3n) is 1.40. The molecule has 0 aliphatic carbocycles. The van der Waals surface area contributed by atoms with Gasteiger partial charge in [-0.15, -0.1) is 0 Å². The number of rotatable bonds is 4. The molecule has 0 spiro atoms. The first-order valence-corrected chi connectivity index (χ1v) is 4.26. The molecule has 0 saturated heterocycles. The number of ether oxygens (including phenoxy) is 1. The molecule has 0 saturated carbocycles. The van der Waals surface area contributed by atoms with Crippen molar-refractivity contribution in [3.63, 3.8) is 0 Å². The van der Waals surface area contributed by atoms with Gasteiger partial charge in [0, 0.05) is 6.42 Å². The van der Waals surface area contributed by atoms with E-state index in [1.807, 2.05) is 0 Å². The summed E-state index contributed by atoms with van der Waals surface area (Å²) >= 11 is 4.34. The molecule has 0 aliphatic heterocycles.